The molecule has 1 fully saturated rings. The van der Waals surface area contributed by atoms with Crippen LogP contribution in [0.1, 0.15) is 31.2 Å². The van der Waals surface area contributed by atoms with Crippen LogP contribution in [0, 0.1) is 0 Å². The molecule has 1 aliphatic heterocycles. The predicted molar refractivity (Wildman–Crippen MR) is 87.7 cm³/mol. The summed E-state index contributed by atoms with van der Waals surface area (Å²) in [6, 6.07) is 10.9. The molecule has 1 saturated heterocycles. The van der Waals surface area contributed by atoms with E-state index >= 15 is 0 Å². The minimum Gasteiger partial charge on any atom is -0.375 e. The first-order valence-electron chi connectivity index (χ1n) is 8.24. The monoisotopic (exact) mass is 307 g/mol. The van der Waals surface area contributed by atoms with E-state index in [1.165, 1.54) is 24.9 Å². The molecule has 0 N–H and O–H groups in total. The van der Waals surface area contributed by atoms with Crippen molar-refractivity contribution in [1.82, 2.24) is 4.90 Å². The Morgan fingerprint density at radius 2 is 1.95 bits per heavy atom. The maximum atomic E-state index is 5.91. The van der Waals surface area contributed by atoms with Crippen molar-refractivity contribution < 1.29 is 14.2 Å². The number of hydrogen-bond acceptors (Lipinski definition) is 4. The van der Waals surface area contributed by atoms with Crippen LogP contribution in [0.15, 0.2) is 30.3 Å². The van der Waals surface area contributed by atoms with Gasteiger partial charge in [-0.3, -0.25) is 4.90 Å². The van der Waals surface area contributed by atoms with Crippen LogP contribution >= 0.6 is 0 Å². The minimum absolute atomic E-state index is 0.0737. The van der Waals surface area contributed by atoms with Crippen molar-refractivity contribution in [2.45, 2.75) is 44.6 Å². The summed E-state index contributed by atoms with van der Waals surface area (Å²) in [6.45, 7) is 3.82. The van der Waals surface area contributed by atoms with Crippen molar-refractivity contribution >= 4 is 0 Å². The molecule has 1 aromatic carbocycles. The predicted octanol–water partition coefficient (Wildman–Crippen LogP) is 3.07. The molecule has 0 saturated carbocycles. The summed E-state index contributed by atoms with van der Waals surface area (Å²) in [4.78, 5) is 2.55. The molecule has 0 bridgehead atoms. The van der Waals surface area contributed by atoms with Crippen LogP contribution < -0.4 is 0 Å². The maximum absolute atomic E-state index is 5.91. The molecular weight excluding hydrogens is 278 g/mol. The maximum Gasteiger partial charge on any atom is 0.156 e. The minimum atomic E-state index is -0.0737. The van der Waals surface area contributed by atoms with Crippen LogP contribution in [0.2, 0.25) is 0 Å². The van der Waals surface area contributed by atoms with Crippen molar-refractivity contribution in [3.63, 3.8) is 0 Å². The topological polar surface area (TPSA) is 30.9 Å². The van der Waals surface area contributed by atoms with Crippen LogP contribution in [0.25, 0.3) is 0 Å². The Balaban J connectivity index is 1.65. The molecule has 0 amide bonds. The van der Waals surface area contributed by atoms with Crippen LogP contribution in [0.3, 0.4) is 0 Å². The molecule has 0 aliphatic carbocycles. The molecule has 0 aromatic heterocycles. The average molecular weight is 307 g/mol. The van der Waals surface area contributed by atoms with Crippen molar-refractivity contribution in [3.05, 3.63) is 35.9 Å². The van der Waals surface area contributed by atoms with Gasteiger partial charge in [0.1, 0.15) is 0 Å². The second kappa shape index (κ2) is 9.95. The number of methoxy groups -OCH3 is 2. The van der Waals surface area contributed by atoms with Gasteiger partial charge in [0.25, 0.3) is 0 Å². The molecule has 0 spiro atoms. The van der Waals surface area contributed by atoms with Crippen molar-refractivity contribution in [1.29, 1.82) is 0 Å². The number of likely N-dealkylation sites (tertiary alicyclic amines) is 1. The molecule has 0 unspecified atom stereocenters. The first-order valence-corrected chi connectivity index (χ1v) is 8.24. The van der Waals surface area contributed by atoms with Crippen molar-refractivity contribution in [2.75, 3.05) is 33.9 Å². The van der Waals surface area contributed by atoms with Gasteiger partial charge in [0.2, 0.25) is 0 Å². The lowest BCUT2D eigenvalue weighted by Gasteiger charge is -2.25. The lowest BCUT2D eigenvalue weighted by molar-refractivity contribution is -0.107. The fraction of sp³-hybridized carbons (Fsp3) is 0.667. The van der Waals surface area contributed by atoms with Crippen molar-refractivity contribution in [2.24, 2.45) is 0 Å². The molecule has 2 rings (SSSR count). The highest BCUT2D eigenvalue weighted by Crippen LogP contribution is 2.19. The van der Waals surface area contributed by atoms with E-state index in [-0.39, 0.29) is 6.29 Å². The summed E-state index contributed by atoms with van der Waals surface area (Å²) in [5, 5.41) is 0. The van der Waals surface area contributed by atoms with E-state index in [1.54, 1.807) is 14.2 Å². The van der Waals surface area contributed by atoms with Crippen LogP contribution in [0.5, 0.6) is 0 Å². The van der Waals surface area contributed by atoms with E-state index in [9.17, 15) is 0 Å². The molecule has 4 heteroatoms. The van der Waals surface area contributed by atoms with Gasteiger partial charge >= 0.3 is 0 Å². The number of nitrogens with zero attached hydrogens (tertiary/aromatic N) is 1. The summed E-state index contributed by atoms with van der Waals surface area (Å²) in [5.74, 6) is 0. The summed E-state index contributed by atoms with van der Waals surface area (Å²) >= 11 is 0. The van der Waals surface area contributed by atoms with Crippen LogP contribution in [0.4, 0.5) is 0 Å². The van der Waals surface area contributed by atoms with Crippen LogP contribution in [-0.2, 0) is 20.8 Å². The van der Waals surface area contributed by atoms with Gasteiger partial charge in [-0.2, -0.15) is 0 Å². The number of benzene rings is 1. The van der Waals surface area contributed by atoms with Gasteiger partial charge in [0, 0.05) is 20.3 Å². The van der Waals surface area contributed by atoms with E-state index < -0.39 is 0 Å². The van der Waals surface area contributed by atoms with E-state index in [4.69, 9.17) is 14.2 Å². The molecular formula is C18H29NO3. The van der Waals surface area contributed by atoms with Gasteiger partial charge in [-0.25, -0.2) is 0 Å². The lowest BCUT2D eigenvalue weighted by atomic mass is 10.2. The first-order chi connectivity index (χ1) is 10.8. The zero-order valence-corrected chi connectivity index (χ0v) is 13.9. The van der Waals surface area contributed by atoms with Gasteiger partial charge in [0.15, 0.2) is 6.29 Å². The van der Waals surface area contributed by atoms with Gasteiger partial charge in [-0.15, -0.1) is 0 Å². The molecule has 1 aromatic rings. The highest BCUT2D eigenvalue weighted by molar-refractivity contribution is 5.13. The SMILES string of the molecule is COC(CCCN1CCC[C@H]1COCc1ccccc1)OC. The highest BCUT2D eigenvalue weighted by Gasteiger charge is 2.24. The molecule has 4 nitrogen and oxygen atoms in total. The number of hydrogen-bond donors (Lipinski definition) is 0. The second-order valence-corrected chi connectivity index (χ2v) is 5.88. The molecule has 1 heterocycles. The summed E-state index contributed by atoms with van der Waals surface area (Å²) < 4.78 is 16.4. The summed E-state index contributed by atoms with van der Waals surface area (Å²) in [5.41, 5.74) is 1.25. The first kappa shape index (κ1) is 17.4. The molecule has 1 atom stereocenters. The number of rotatable bonds is 10. The quantitative estimate of drug-likeness (QED) is 0.622. The standard InChI is InChI=1S/C18H29NO3/c1-20-18(21-2)11-7-13-19-12-6-10-17(19)15-22-14-16-8-4-3-5-9-16/h3-5,8-9,17-18H,6-7,10-15H2,1-2H3/t17-/m0/s1. The Morgan fingerprint density at radius 3 is 2.68 bits per heavy atom. The Morgan fingerprint density at radius 1 is 1.18 bits per heavy atom. The molecule has 0 radical (unpaired) electrons. The molecule has 22 heavy (non-hydrogen) atoms. The largest absolute Gasteiger partial charge is 0.375 e. The third kappa shape index (κ3) is 5.69. The Hall–Kier alpha value is -0.940. The van der Waals surface area contributed by atoms with Gasteiger partial charge in [0.05, 0.1) is 13.2 Å². The van der Waals surface area contributed by atoms with Gasteiger partial charge in [-0.05, 0) is 44.3 Å². The fourth-order valence-electron chi connectivity index (χ4n) is 3.06. The van der Waals surface area contributed by atoms with Crippen LogP contribution in [-0.4, -0.2) is 51.1 Å². The third-order valence-electron chi connectivity index (χ3n) is 4.33. The average Bonchev–Trinajstić information content (AvgIpc) is 3.00. The van der Waals surface area contributed by atoms with E-state index in [0.29, 0.717) is 12.6 Å². The molecule has 1 aliphatic rings. The van der Waals surface area contributed by atoms with Gasteiger partial charge < -0.3 is 14.2 Å². The summed E-state index contributed by atoms with van der Waals surface area (Å²) in [7, 11) is 3.40. The number of ether oxygens (including phenoxy) is 3. The summed E-state index contributed by atoms with van der Waals surface area (Å²) in [6.07, 6.45) is 4.49. The highest BCUT2D eigenvalue weighted by atomic mass is 16.7. The van der Waals surface area contributed by atoms with E-state index in [2.05, 4.69) is 29.2 Å². The zero-order valence-electron chi connectivity index (χ0n) is 13.9. The molecule has 124 valence electrons. The van der Waals surface area contributed by atoms with E-state index in [1.807, 2.05) is 6.07 Å². The lowest BCUT2D eigenvalue weighted by Crippen LogP contribution is -2.34. The van der Waals surface area contributed by atoms with Crippen molar-refractivity contribution in [3.8, 4) is 0 Å². The Bertz CT molecular complexity index is 395. The second-order valence-electron chi connectivity index (χ2n) is 5.88. The normalized spacial score (nSPS) is 19.1. The fourth-order valence-corrected chi connectivity index (χ4v) is 3.06. The Kier molecular flexibility index (Phi) is 7.88. The van der Waals surface area contributed by atoms with Gasteiger partial charge in [-0.1, -0.05) is 30.3 Å². The third-order valence-corrected chi connectivity index (χ3v) is 4.33. The van der Waals surface area contributed by atoms with E-state index in [0.717, 1.165) is 26.0 Å². The zero-order chi connectivity index (χ0) is 15.6. The smallest absolute Gasteiger partial charge is 0.156 e. The Labute approximate surface area is 134 Å².